The van der Waals surface area contributed by atoms with Crippen LogP contribution in [-0.4, -0.2) is 11.8 Å². The van der Waals surface area contributed by atoms with E-state index in [1.807, 2.05) is 67.6 Å². The predicted octanol–water partition coefficient (Wildman–Crippen LogP) is 6.08. The van der Waals surface area contributed by atoms with Crippen LogP contribution in [-0.2, 0) is 6.61 Å². The molecule has 4 aromatic rings. The summed E-state index contributed by atoms with van der Waals surface area (Å²) in [6.07, 6.45) is 0. The lowest BCUT2D eigenvalue weighted by atomic mass is 10.1. The van der Waals surface area contributed by atoms with Crippen molar-refractivity contribution in [2.45, 2.75) is 13.5 Å². The summed E-state index contributed by atoms with van der Waals surface area (Å²) in [5, 5.41) is 5.81. The Morgan fingerprint density at radius 1 is 0.697 bits per heavy atom. The SMILES string of the molecule is Cc1cc(NC(=O)c2cccc(OCc3ccccc3)c2)ccc1NC(=O)c1ccccc1. The van der Waals surface area contributed by atoms with Crippen LogP contribution in [0.5, 0.6) is 5.75 Å². The molecule has 164 valence electrons. The van der Waals surface area contributed by atoms with Crippen LogP contribution in [0.25, 0.3) is 0 Å². The Labute approximate surface area is 193 Å². The number of carbonyl (C=O) groups excluding carboxylic acids is 2. The second-order valence-electron chi connectivity index (χ2n) is 7.61. The average molecular weight is 437 g/mol. The molecular formula is C28H24N2O3. The maximum atomic E-state index is 12.8. The molecule has 0 heterocycles. The minimum absolute atomic E-state index is 0.178. The van der Waals surface area contributed by atoms with E-state index in [9.17, 15) is 9.59 Å². The van der Waals surface area contributed by atoms with Crippen molar-refractivity contribution in [1.82, 2.24) is 0 Å². The van der Waals surface area contributed by atoms with E-state index in [1.165, 1.54) is 0 Å². The van der Waals surface area contributed by atoms with Gasteiger partial charge in [-0.05, 0) is 66.6 Å². The van der Waals surface area contributed by atoms with E-state index in [2.05, 4.69) is 10.6 Å². The van der Waals surface area contributed by atoms with Crippen molar-refractivity contribution in [3.63, 3.8) is 0 Å². The van der Waals surface area contributed by atoms with Crippen LogP contribution in [0, 0.1) is 6.92 Å². The Morgan fingerprint density at radius 3 is 2.09 bits per heavy atom. The molecule has 0 aromatic heterocycles. The van der Waals surface area contributed by atoms with Gasteiger partial charge in [-0.3, -0.25) is 9.59 Å². The van der Waals surface area contributed by atoms with Crippen LogP contribution in [0.4, 0.5) is 11.4 Å². The normalized spacial score (nSPS) is 10.3. The molecule has 0 aliphatic carbocycles. The summed E-state index contributed by atoms with van der Waals surface area (Å²) in [7, 11) is 0. The number of benzene rings is 4. The van der Waals surface area contributed by atoms with Gasteiger partial charge in [0, 0.05) is 22.5 Å². The predicted molar refractivity (Wildman–Crippen MR) is 131 cm³/mol. The van der Waals surface area contributed by atoms with Crippen molar-refractivity contribution in [2.75, 3.05) is 10.6 Å². The summed E-state index contributed by atoms with van der Waals surface area (Å²) < 4.78 is 5.82. The number of rotatable bonds is 7. The van der Waals surface area contributed by atoms with Crippen molar-refractivity contribution in [2.24, 2.45) is 0 Å². The lowest BCUT2D eigenvalue weighted by Gasteiger charge is -2.12. The highest BCUT2D eigenvalue weighted by Crippen LogP contribution is 2.22. The van der Waals surface area contributed by atoms with E-state index in [4.69, 9.17) is 4.74 Å². The average Bonchev–Trinajstić information content (AvgIpc) is 2.85. The van der Waals surface area contributed by atoms with Gasteiger partial charge in [0.15, 0.2) is 0 Å². The Balaban J connectivity index is 1.39. The lowest BCUT2D eigenvalue weighted by Crippen LogP contribution is -2.14. The van der Waals surface area contributed by atoms with Crippen molar-refractivity contribution in [3.8, 4) is 5.75 Å². The Morgan fingerprint density at radius 2 is 1.36 bits per heavy atom. The Hall–Kier alpha value is -4.38. The number of anilines is 2. The Kier molecular flexibility index (Phi) is 6.81. The molecular weight excluding hydrogens is 412 g/mol. The molecule has 2 amide bonds. The van der Waals surface area contributed by atoms with Gasteiger partial charge >= 0.3 is 0 Å². The molecule has 0 atom stereocenters. The van der Waals surface area contributed by atoms with E-state index in [-0.39, 0.29) is 11.8 Å². The smallest absolute Gasteiger partial charge is 0.255 e. The molecule has 0 spiro atoms. The largest absolute Gasteiger partial charge is 0.489 e. The van der Waals surface area contributed by atoms with Gasteiger partial charge in [-0.1, -0.05) is 54.6 Å². The number of amides is 2. The van der Waals surface area contributed by atoms with Gasteiger partial charge in [0.05, 0.1) is 0 Å². The van der Waals surface area contributed by atoms with Gasteiger partial charge in [-0.15, -0.1) is 0 Å². The maximum Gasteiger partial charge on any atom is 0.255 e. The minimum Gasteiger partial charge on any atom is -0.489 e. The van der Waals surface area contributed by atoms with Gasteiger partial charge in [0.25, 0.3) is 11.8 Å². The molecule has 0 unspecified atom stereocenters. The van der Waals surface area contributed by atoms with E-state index < -0.39 is 0 Å². The molecule has 0 aliphatic heterocycles. The highest BCUT2D eigenvalue weighted by molar-refractivity contribution is 6.06. The highest BCUT2D eigenvalue weighted by Gasteiger charge is 2.11. The third-order valence-electron chi connectivity index (χ3n) is 5.11. The molecule has 2 N–H and O–H groups in total. The van der Waals surface area contributed by atoms with Crippen LogP contribution in [0.1, 0.15) is 31.8 Å². The van der Waals surface area contributed by atoms with Gasteiger partial charge in [0.1, 0.15) is 12.4 Å². The fourth-order valence-corrected chi connectivity index (χ4v) is 3.34. The summed E-state index contributed by atoms with van der Waals surface area (Å²) in [5.74, 6) is 0.213. The summed E-state index contributed by atoms with van der Waals surface area (Å²) >= 11 is 0. The second-order valence-corrected chi connectivity index (χ2v) is 7.61. The number of hydrogen-bond acceptors (Lipinski definition) is 3. The van der Waals surface area contributed by atoms with Gasteiger partial charge in [0.2, 0.25) is 0 Å². The first kappa shape index (κ1) is 21.8. The zero-order valence-corrected chi connectivity index (χ0v) is 18.2. The first-order valence-corrected chi connectivity index (χ1v) is 10.6. The fourth-order valence-electron chi connectivity index (χ4n) is 3.34. The minimum atomic E-state index is -0.236. The molecule has 0 saturated heterocycles. The molecule has 0 fully saturated rings. The molecule has 4 rings (SSSR count). The van der Waals surface area contributed by atoms with Gasteiger partial charge < -0.3 is 15.4 Å². The molecule has 0 aliphatic rings. The van der Waals surface area contributed by atoms with Crippen LogP contribution < -0.4 is 15.4 Å². The van der Waals surface area contributed by atoms with Crippen LogP contribution in [0.2, 0.25) is 0 Å². The first-order chi connectivity index (χ1) is 16.1. The lowest BCUT2D eigenvalue weighted by molar-refractivity contribution is 0.101. The molecule has 0 bridgehead atoms. The van der Waals surface area contributed by atoms with E-state index >= 15 is 0 Å². The number of ether oxygens (including phenoxy) is 1. The van der Waals surface area contributed by atoms with Crippen molar-refractivity contribution in [3.05, 3.63) is 125 Å². The second kappa shape index (κ2) is 10.3. The topological polar surface area (TPSA) is 67.4 Å². The van der Waals surface area contributed by atoms with E-state index in [1.54, 1.807) is 42.5 Å². The van der Waals surface area contributed by atoms with Crippen molar-refractivity contribution in [1.29, 1.82) is 0 Å². The summed E-state index contributed by atoms with van der Waals surface area (Å²) in [5.41, 5.74) is 4.33. The van der Waals surface area contributed by atoms with E-state index in [0.29, 0.717) is 34.9 Å². The standard InChI is InChI=1S/C28H24N2O3/c1-20-17-24(15-16-26(20)30-27(31)22-11-6-3-7-12-22)29-28(32)23-13-8-14-25(18-23)33-19-21-9-4-2-5-10-21/h2-18H,19H2,1H3,(H,29,32)(H,30,31). The third kappa shape index (κ3) is 5.86. The van der Waals surface area contributed by atoms with Crippen molar-refractivity contribution < 1.29 is 14.3 Å². The first-order valence-electron chi connectivity index (χ1n) is 10.6. The number of hydrogen-bond donors (Lipinski definition) is 2. The Bertz CT molecular complexity index is 1250. The van der Waals surface area contributed by atoms with Crippen LogP contribution >= 0.6 is 0 Å². The molecule has 4 aromatic carbocycles. The van der Waals surface area contributed by atoms with Crippen LogP contribution in [0.3, 0.4) is 0 Å². The molecule has 0 saturated carbocycles. The zero-order valence-electron chi connectivity index (χ0n) is 18.2. The van der Waals surface area contributed by atoms with E-state index in [0.717, 1.165) is 11.1 Å². The molecule has 5 heteroatoms. The highest BCUT2D eigenvalue weighted by atomic mass is 16.5. The quantitative estimate of drug-likeness (QED) is 0.369. The summed E-state index contributed by atoms with van der Waals surface area (Å²) in [4.78, 5) is 25.2. The van der Waals surface area contributed by atoms with Gasteiger partial charge in [-0.25, -0.2) is 0 Å². The fraction of sp³-hybridized carbons (Fsp3) is 0.0714. The number of aryl methyl sites for hydroxylation is 1. The summed E-state index contributed by atoms with van der Waals surface area (Å²) in [6.45, 7) is 2.32. The van der Waals surface area contributed by atoms with Crippen molar-refractivity contribution >= 4 is 23.2 Å². The zero-order chi connectivity index (χ0) is 23.0. The monoisotopic (exact) mass is 436 g/mol. The molecule has 0 radical (unpaired) electrons. The molecule has 5 nitrogen and oxygen atoms in total. The molecule has 33 heavy (non-hydrogen) atoms. The third-order valence-corrected chi connectivity index (χ3v) is 5.11. The summed E-state index contributed by atoms with van der Waals surface area (Å²) in [6, 6.07) is 31.4. The number of carbonyl (C=O) groups is 2. The number of nitrogens with one attached hydrogen (secondary N) is 2. The van der Waals surface area contributed by atoms with Crippen LogP contribution in [0.15, 0.2) is 103 Å². The maximum absolute atomic E-state index is 12.8. The van der Waals surface area contributed by atoms with Gasteiger partial charge in [-0.2, -0.15) is 0 Å².